The fourth-order valence-electron chi connectivity index (χ4n) is 3.58. The average molecular weight is 372 g/mol. The minimum atomic E-state index is -0.369. The van der Waals surface area contributed by atoms with E-state index < -0.39 is 0 Å². The SMILES string of the molecule is Cc1ccn(C2CCNCC2)c(=O)c1C(=O)NC(C)c1nncn1C(C)C. The Kier molecular flexibility index (Phi) is 5.74. The van der Waals surface area contributed by atoms with Gasteiger partial charge >= 0.3 is 0 Å². The van der Waals surface area contributed by atoms with E-state index in [9.17, 15) is 9.59 Å². The fraction of sp³-hybridized carbons (Fsp3) is 0.579. The van der Waals surface area contributed by atoms with Crippen molar-refractivity contribution in [3.8, 4) is 0 Å². The highest BCUT2D eigenvalue weighted by Crippen LogP contribution is 2.18. The van der Waals surface area contributed by atoms with E-state index in [1.807, 2.05) is 37.6 Å². The van der Waals surface area contributed by atoms with Crippen LogP contribution in [-0.2, 0) is 0 Å². The van der Waals surface area contributed by atoms with Crippen molar-refractivity contribution in [2.24, 2.45) is 0 Å². The van der Waals surface area contributed by atoms with Gasteiger partial charge in [0.05, 0.1) is 6.04 Å². The lowest BCUT2D eigenvalue weighted by Crippen LogP contribution is -2.39. The van der Waals surface area contributed by atoms with E-state index in [1.54, 1.807) is 17.8 Å². The Bertz CT molecular complexity index is 863. The molecule has 0 aliphatic carbocycles. The molecule has 1 aliphatic rings. The molecule has 1 amide bonds. The molecule has 0 saturated carbocycles. The lowest BCUT2D eigenvalue weighted by molar-refractivity contribution is 0.0934. The second-order valence-corrected chi connectivity index (χ2v) is 7.45. The van der Waals surface area contributed by atoms with Crippen molar-refractivity contribution in [2.75, 3.05) is 13.1 Å². The van der Waals surface area contributed by atoms with Gasteiger partial charge in [0.2, 0.25) is 0 Å². The van der Waals surface area contributed by atoms with Crippen LogP contribution in [-0.4, -0.2) is 38.3 Å². The number of rotatable bonds is 5. The van der Waals surface area contributed by atoms with Gasteiger partial charge in [-0.25, -0.2) is 0 Å². The third kappa shape index (κ3) is 3.95. The molecule has 0 aromatic carbocycles. The summed E-state index contributed by atoms with van der Waals surface area (Å²) in [5, 5.41) is 14.3. The van der Waals surface area contributed by atoms with Crippen LogP contribution in [0.3, 0.4) is 0 Å². The van der Waals surface area contributed by atoms with Crippen molar-refractivity contribution >= 4 is 5.91 Å². The average Bonchev–Trinajstić information content (AvgIpc) is 3.13. The molecule has 3 heterocycles. The zero-order valence-electron chi connectivity index (χ0n) is 16.4. The van der Waals surface area contributed by atoms with E-state index in [4.69, 9.17) is 0 Å². The summed E-state index contributed by atoms with van der Waals surface area (Å²) in [5.74, 6) is 0.303. The van der Waals surface area contributed by atoms with Crippen LogP contribution in [0.4, 0.5) is 0 Å². The molecule has 0 bridgehead atoms. The number of carbonyl (C=O) groups excluding carboxylic acids is 1. The summed E-state index contributed by atoms with van der Waals surface area (Å²) in [6, 6.07) is 1.81. The summed E-state index contributed by atoms with van der Waals surface area (Å²) in [4.78, 5) is 25.9. The molecule has 0 spiro atoms. The number of aromatic nitrogens is 4. The van der Waals surface area contributed by atoms with Crippen molar-refractivity contribution in [3.63, 3.8) is 0 Å². The van der Waals surface area contributed by atoms with E-state index in [0.717, 1.165) is 25.9 Å². The maximum Gasteiger partial charge on any atom is 0.263 e. The van der Waals surface area contributed by atoms with Gasteiger partial charge in [0, 0.05) is 18.3 Å². The number of amides is 1. The second kappa shape index (κ2) is 8.04. The molecule has 8 heteroatoms. The quantitative estimate of drug-likeness (QED) is 0.834. The largest absolute Gasteiger partial charge is 0.342 e. The Labute approximate surface area is 159 Å². The maximum absolute atomic E-state index is 13.0. The van der Waals surface area contributed by atoms with Crippen LogP contribution >= 0.6 is 0 Å². The molecule has 1 unspecified atom stereocenters. The maximum atomic E-state index is 13.0. The van der Waals surface area contributed by atoms with Crippen LogP contribution in [0.15, 0.2) is 23.4 Å². The molecular formula is C19H28N6O2. The summed E-state index contributed by atoms with van der Waals surface area (Å²) in [5.41, 5.74) is 0.663. The van der Waals surface area contributed by atoms with Crippen LogP contribution < -0.4 is 16.2 Å². The van der Waals surface area contributed by atoms with E-state index in [0.29, 0.717) is 11.4 Å². The van der Waals surface area contributed by atoms with Crippen molar-refractivity contribution in [1.29, 1.82) is 0 Å². The highest BCUT2D eigenvalue weighted by atomic mass is 16.2. The molecule has 3 rings (SSSR count). The Morgan fingerprint density at radius 2 is 2.00 bits per heavy atom. The lowest BCUT2D eigenvalue weighted by atomic mass is 10.0. The number of nitrogens with one attached hydrogen (secondary N) is 2. The normalized spacial score (nSPS) is 16.5. The van der Waals surface area contributed by atoms with Gasteiger partial charge in [-0.15, -0.1) is 10.2 Å². The lowest BCUT2D eigenvalue weighted by Gasteiger charge is -2.25. The molecule has 2 N–H and O–H groups in total. The molecule has 8 nitrogen and oxygen atoms in total. The van der Waals surface area contributed by atoms with Crippen LogP contribution in [0.1, 0.15) is 73.5 Å². The van der Waals surface area contributed by atoms with Crippen LogP contribution in [0, 0.1) is 6.92 Å². The van der Waals surface area contributed by atoms with E-state index in [2.05, 4.69) is 20.8 Å². The first-order valence-corrected chi connectivity index (χ1v) is 9.53. The number of pyridine rings is 1. The van der Waals surface area contributed by atoms with Crippen LogP contribution in [0.5, 0.6) is 0 Å². The topological polar surface area (TPSA) is 93.8 Å². The minimum absolute atomic E-state index is 0.132. The monoisotopic (exact) mass is 372 g/mol. The van der Waals surface area contributed by atoms with Crippen LogP contribution in [0.25, 0.3) is 0 Å². The molecule has 1 saturated heterocycles. The van der Waals surface area contributed by atoms with Gasteiger partial charge in [-0.1, -0.05) is 0 Å². The molecule has 1 fully saturated rings. The third-order valence-electron chi connectivity index (χ3n) is 5.15. The van der Waals surface area contributed by atoms with E-state index in [-0.39, 0.29) is 35.2 Å². The smallest absolute Gasteiger partial charge is 0.263 e. The molecular weight excluding hydrogens is 344 g/mol. The number of carbonyl (C=O) groups is 1. The molecule has 146 valence electrons. The zero-order valence-corrected chi connectivity index (χ0v) is 16.4. The molecule has 2 aromatic heterocycles. The number of hydrogen-bond donors (Lipinski definition) is 2. The Balaban J connectivity index is 1.86. The molecule has 1 atom stereocenters. The van der Waals surface area contributed by atoms with Gasteiger partial charge < -0.3 is 19.8 Å². The first kappa shape index (κ1) is 19.3. The Morgan fingerprint density at radius 3 is 2.67 bits per heavy atom. The van der Waals surface area contributed by atoms with Gasteiger partial charge in [-0.05, 0) is 65.3 Å². The zero-order chi connectivity index (χ0) is 19.6. The highest BCUT2D eigenvalue weighted by Gasteiger charge is 2.24. The number of aryl methyl sites for hydroxylation is 1. The van der Waals surface area contributed by atoms with E-state index in [1.165, 1.54) is 0 Å². The van der Waals surface area contributed by atoms with Crippen LogP contribution in [0.2, 0.25) is 0 Å². The highest BCUT2D eigenvalue weighted by molar-refractivity contribution is 5.95. The van der Waals surface area contributed by atoms with Crippen molar-refractivity contribution in [1.82, 2.24) is 30.0 Å². The third-order valence-corrected chi connectivity index (χ3v) is 5.15. The minimum Gasteiger partial charge on any atom is -0.342 e. The fourth-order valence-corrected chi connectivity index (χ4v) is 3.58. The van der Waals surface area contributed by atoms with Gasteiger partial charge in [-0.3, -0.25) is 9.59 Å². The first-order chi connectivity index (χ1) is 12.9. The Morgan fingerprint density at radius 1 is 1.30 bits per heavy atom. The predicted molar refractivity (Wildman–Crippen MR) is 103 cm³/mol. The van der Waals surface area contributed by atoms with Gasteiger partial charge in [0.1, 0.15) is 11.9 Å². The molecule has 2 aromatic rings. The summed E-state index contributed by atoms with van der Waals surface area (Å²) < 4.78 is 3.63. The number of hydrogen-bond acceptors (Lipinski definition) is 5. The summed E-state index contributed by atoms with van der Waals surface area (Å²) in [7, 11) is 0. The standard InChI is InChI=1S/C19H28N6O2/c1-12(2)25-11-21-23-17(25)14(4)22-18(26)16-13(3)7-10-24(19(16)27)15-5-8-20-9-6-15/h7,10-12,14-15,20H,5-6,8-9H2,1-4H3,(H,22,26). The molecule has 0 radical (unpaired) electrons. The van der Waals surface area contributed by atoms with E-state index >= 15 is 0 Å². The van der Waals surface area contributed by atoms with Gasteiger partial charge in [0.25, 0.3) is 11.5 Å². The Hall–Kier alpha value is -2.48. The summed E-state index contributed by atoms with van der Waals surface area (Å²) in [6.07, 6.45) is 5.24. The summed E-state index contributed by atoms with van der Waals surface area (Å²) >= 11 is 0. The second-order valence-electron chi connectivity index (χ2n) is 7.45. The molecule has 1 aliphatic heterocycles. The van der Waals surface area contributed by atoms with Crippen molar-refractivity contribution in [2.45, 2.75) is 58.7 Å². The van der Waals surface area contributed by atoms with Gasteiger partial charge in [-0.2, -0.15) is 0 Å². The molecule has 27 heavy (non-hydrogen) atoms. The summed E-state index contributed by atoms with van der Waals surface area (Å²) in [6.45, 7) is 9.47. The van der Waals surface area contributed by atoms with Crippen molar-refractivity contribution in [3.05, 3.63) is 45.9 Å². The predicted octanol–water partition coefficient (Wildman–Crippen LogP) is 1.74. The number of nitrogens with zero attached hydrogens (tertiary/aromatic N) is 4. The van der Waals surface area contributed by atoms with Gasteiger partial charge in [0.15, 0.2) is 5.82 Å². The van der Waals surface area contributed by atoms with Crippen molar-refractivity contribution < 1.29 is 4.79 Å². The number of piperidine rings is 1. The first-order valence-electron chi connectivity index (χ1n) is 9.53.